The largest absolute Gasteiger partial charge is 0.231 e. The van der Waals surface area contributed by atoms with Crippen LogP contribution >= 0.6 is 11.8 Å². The van der Waals surface area contributed by atoms with Gasteiger partial charge < -0.3 is 0 Å². The first-order valence-electron chi connectivity index (χ1n) is 5.56. The third kappa shape index (κ3) is 6.04. The first-order chi connectivity index (χ1) is 8.86. The van der Waals surface area contributed by atoms with E-state index in [0.29, 0.717) is 0 Å². The van der Waals surface area contributed by atoms with Gasteiger partial charge in [0.15, 0.2) is 0 Å². The van der Waals surface area contributed by atoms with Crippen molar-refractivity contribution >= 4 is 17.8 Å². The number of hydrogen-bond acceptors (Lipinski definition) is 3. The molecule has 2 rings (SSSR count). The molecule has 0 saturated heterocycles. The van der Waals surface area contributed by atoms with Crippen LogP contribution in [0, 0.1) is 5.41 Å². The second-order valence-corrected chi connectivity index (χ2v) is 4.55. The Kier molecular flexibility index (Phi) is 7.29. The molecule has 2 nitrogen and oxygen atoms in total. The number of nitrogens with one attached hydrogen (secondary N) is 1. The highest BCUT2D eigenvalue weighted by Gasteiger charge is 1.93. The molecule has 0 amide bonds. The highest BCUT2D eigenvalue weighted by atomic mass is 32.2. The second kappa shape index (κ2) is 9.23. The van der Waals surface area contributed by atoms with E-state index in [9.17, 15) is 0 Å². The minimum Gasteiger partial charge on any atom is -0.222 e. The van der Waals surface area contributed by atoms with Crippen LogP contribution in [0.1, 0.15) is 11.1 Å². The molecule has 0 radical (unpaired) electrons. The van der Waals surface area contributed by atoms with Gasteiger partial charge in [-0.2, -0.15) is 11.8 Å². The van der Waals surface area contributed by atoms with Crippen LogP contribution in [0.25, 0.3) is 0 Å². The summed E-state index contributed by atoms with van der Waals surface area (Å²) >= 11 is 1.96. The zero-order valence-corrected chi connectivity index (χ0v) is 10.8. The van der Waals surface area contributed by atoms with Crippen LogP contribution < -0.4 is 0 Å². The van der Waals surface area contributed by atoms with Gasteiger partial charge >= 0.3 is 0 Å². The molecule has 92 valence electrons. The fourth-order valence-electron chi connectivity index (χ4n) is 1.44. The summed E-state index contributed by atoms with van der Waals surface area (Å²) in [4.78, 5) is 8.35. The summed E-state index contributed by atoms with van der Waals surface area (Å²) in [5.74, 6) is 2.19. The molecule has 1 N–H and O–H groups in total. The summed E-state index contributed by atoms with van der Waals surface area (Å²) in [5.41, 5.74) is 2.80. The Hall–Kier alpha value is -1.83. The molecule has 0 saturated carbocycles. The van der Waals surface area contributed by atoms with Crippen LogP contribution in [-0.2, 0) is 16.3 Å². The van der Waals surface area contributed by atoms with Gasteiger partial charge in [-0.25, -0.2) is 10.2 Å². The maximum atomic E-state index is 8.35. The van der Waals surface area contributed by atoms with Crippen molar-refractivity contribution in [1.29, 1.82) is 5.41 Å². The fourth-order valence-corrected chi connectivity index (χ4v) is 2.39. The molecule has 0 fully saturated rings. The number of benzene rings is 2. The maximum absolute atomic E-state index is 8.35. The van der Waals surface area contributed by atoms with E-state index in [2.05, 4.69) is 60.7 Å². The molecular weight excluding hydrogens is 242 g/mol. The van der Waals surface area contributed by atoms with Crippen molar-refractivity contribution < 1.29 is 4.79 Å². The first-order valence-corrected chi connectivity index (χ1v) is 6.71. The van der Waals surface area contributed by atoms with Crippen LogP contribution in [0.15, 0.2) is 60.7 Å². The molecule has 0 heterocycles. The lowest BCUT2D eigenvalue weighted by molar-refractivity contribution is 0.563. The molecule has 18 heavy (non-hydrogen) atoms. The molecule has 0 atom stereocenters. The molecule has 0 aliphatic carbocycles. The Balaban J connectivity index is 0.000000492. The predicted molar refractivity (Wildman–Crippen MR) is 76.3 cm³/mol. The Morgan fingerprint density at radius 3 is 1.50 bits per heavy atom. The molecular formula is C15H15NOS. The van der Waals surface area contributed by atoms with Gasteiger partial charge in [-0.3, -0.25) is 0 Å². The lowest BCUT2D eigenvalue weighted by atomic mass is 10.2. The molecule has 2 aromatic carbocycles. The van der Waals surface area contributed by atoms with Crippen molar-refractivity contribution in [3.05, 3.63) is 71.8 Å². The predicted octanol–water partition coefficient (Wildman–Crippen LogP) is 4.02. The highest BCUT2D eigenvalue weighted by Crippen LogP contribution is 2.17. The van der Waals surface area contributed by atoms with Crippen molar-refractivity contribution in [2.24, 2.45) is 0 Å². The molecule has 0 aliphatic rings. The van der Waals surface area contributed by atoms with E-state index in [1.54, 1.807) is 0 Å². The van der Waals surface area contributed by atoms with E-state index in [0.717, 1.165) is 17.6 Å². The third-order valence-corrected chi connectivity index (χ3v) is 3.30. The van der Waals surface area contributed by atoms with Gasteiger partial charge in [0.1, 0.15) is 0 Å². The third-order valence-electron chi connectivity index (χ3n) is 2.22. The Bertz CT molecular complexity index is 425. The lowest BCUT2D eigenvalue weighted by Crippen LogP contribution is -1.82. The Morgan fingerprint density at radius 2 is 1.17 bits per heavy atom. The minimum absolute atomic E-state index is 0.750. The van der Waals surface area contributed by atoms with Gasteiger partial charge in [0, 0.05) is 11.5 Å². The SMILES string of the molecule is N=C=O.c1ccc(CSCc2ccccc2)cc1. The normalized spacial score (nSPS) is 8.89. The maximum Gasteiger partial charge on any atom is 0.231 e. The van der Waals surface area contributed by atoms with Crippen molar-refractivity contribution in [1.82, 2.24) is 0 Å². The van der Waals surface area contributed by atoms with Gasteiger partial charge in [-0.1, -0.05) is 60.7 Å². The highest BCUT2D eigenvalue weighted by molar-refractivity contribution is 7.97. The minimum atomic E-state index is 0.750. The van der Waals surface area contributed by atoms with E-state index in [1.165, 1.54) is 11.1 Å². The lowest BCUT2D eigenvalue weighted by Gasteiger charge is -2.01. The quantitative estimate of drug-likeness (QED) is 0.664. The summed E-state index contributed by atoms with van der Waals surface area (Å²) in [5, 5.41) is 5.40. The number of thioether (sulfide) groups is 1. The standard InChI is InChI=1S/C14H14S.CHNO/c1-3-7-13(8-4-1)11-15-12-14-9-5-2-6-10-14;2-1-3/h1-10H,11-12H2;2H. The Labute approximate surface area is 112 Å². The number of carbonyl (C=O) groups excluding carboxylic acids is 1. The summed E-state index contributed by atoms with van der Waals surface area (Å²) in [7, 11) is 0. The number of isocyanates is 1. The van der Waals surface area contributed by atoms with E-state index in [4.69, 9.17) is 10.2 Å². The van der Waals surface area contributed by atoms with Gasteiger partial charge in [0.05, 0.1) is 0 Å². The van der Waals surface area contributed by atoms with Gasteiger partial charge in [-0.15, -0.1) is 0 Å². The van der Waals surface area contributed by atoms with E-state index in [-0.39, 0.29) is 0 Å². The summed E-state index contributed by atoms with van der Waals surface area (Å²) in [6.07, 6.45) is 0.750. The van der Waals surface area contributed by atoms with Crippen molar-refractivity contribution in [2.75, 3.05) is 0 Å². The number of rotatable bonds is 4. The average molecular weight is 257 g/mol. The van der Waals surface area contributed by atoms with E-state index < -0.39 is 0 Å². The summed E-state index contributed by atoms with van der Waals surface area (Å²) in [6.45, 7) is 0. The topological polar surface area (TPSA) is 40.9 Å². The molecule has 0 spiro atoms. The van der Waals surface area contributed by atoms with E-state index in [1.807, 2.05) is 11.8 Å². The monoisotopic (exact) mass is 257 g/mol. The smallest absolute Gasteiger partial charge is 0.222 e. The molecule has 0 bridgehead atoms. The van der Waals surface area contributed by atoms with Crippen molar-refractivity contribution in [3.63, 3.8) is 0 Å². The van der Waals surface area contributed by atoms with Gasteiger partial charge in [0.2, 0.25) is 6.08 Å². The molecule has 0 aliphatic heterocycles. The average Bonchev–Trinajstić information content (AvgIpc) is 2.42. The van der Waals surface area contributed by atoms with Crippen molar-refractivity contribution in [3.8, 4) is 0 Å². The first kappa shape index (κ1) is 14.2. The fraction of sp³-hybridized carbons (Fsp3) is 0.133. The molecule has 0 unspecified atom stereocenters. The molecule has 3 heteroatoms. The molecule has 0 aromatic heterocycles. The van der Waals surface area contributed by atoms with Crippen LogP contribution in [-0.4, -0.2) is 6.08 Å². The van der Waals surface area contributed by atoms with Crippen molar-refractivity contribution in [2.45, 2.75) is 11.5 Å². The molecule has 2 aromatic rings. The zero-order valence-electron chi connectivity index (χ0n) is 10.0. The van der Waals surface area contributed by atoms with Crippen LogP contribution in [0.5, 0.6) is 0 Å². The van der Waals surface area contributed by atoms with Gasteiger partial charge in [-0.05, 0) is 11.1 Å². The van der Waals surface area contributed by atoms with Gasteiger partial charge in [0.25, 0.3) is 0 Å². The van der Waals surface area contributed by atoms with Crippen LogP contribution in [0.2, 0.25) is 0 Å². The van der Waals surface area contributed by atoms with Crippen LogP contribution in [0.4, 0.5) is 0 Å². The Morgan fingerprint density at radius 1 is 0.833 bits per heavy atom. The summed E-state index contributed by atoms with van der Waals surface area (Å²) < 4.78 is 0. The van der Waals surface area contributed by atoms with Crippen LogP contribution in [0.3, 0.4) is 0 Å². The zero-order chi connectivity index (χ0) is 13.1. The number of hydrogen-bond donors (Lipinski definition) is 1. The van der Waals surface area contributed by atoms with E-state index >= 15 is 0 Å². The summed E-state index contributed by atoms with van der Waals surface area (Å²) in [6, 6.07) is 21.2. The second-order valence-electron chi connectivity index (χ2n) is 3.57.